The first kappa shape index (κ1) is 25.4. The van der Waals surface area contributed by atoms with Gasteiger partial charge in [-0.3, -0.25) is 19.2 Å². The van der Waals surface area contributed by atoms with Gasteiger partial charge in [0.15, 0.2) is 12.1 Å². The van der Waals surface area contributed by atoms with E-state index in [0.717, 1.165) is 11.1 Å². The van der Waals surface area contributed by atoms with Crippen LogP contribution in [0.4, 0.5) is 0 Å². The molecule has 4 atom stereocenters. The molecule has 2 amide bonds. The summed E-state index contributed by atoms with van der Waals surface area (Å²) in [5, 5.41) is 2.02. The van der Waals surface area contributed by atoms with Gasteiger partial charge in [0, 0.05) is 12.7 Å². The van der Waals surface area contributed by atoms with Gasteiger partial charge in [-0.2, -0.15) is 0 Å². The van der Waals surface area contributed by atoms with Gasteiger partial charge in [-0.15, -0.1) is 11.8 Å². The lowest BCUT2D eigenvalue weighted by Crippen LogP contribution is -2.77. The van der Waals surface area contributed by atoms with E-state index in [-0.39, 0.29) is 18.0 Å². The van der Waals surface area contributed by atoms with E-state index in [1.54, 1.807) is 0 Å². The first-order valence-electron chi connectivity index (χ1n) is 11.5. The number of esters is 2. The number of Topliss-reactive ketones (excluding diaryl/α,β-unsaturated/α-hetero) is 1. The first-order valence-corrected chi connectivity index (χ1v) is 12.5. The van der Waals surface area contributed by atoms with Gasteiger partial charge in [-0.25, -0.2) is 4.79 Å². The van der Waals surface area contributed by atoms with Crippen molar-refractivity contribution in [1.29, 1.82) is 0 Å². The number of thioether (sulfide) groups is 1. The fraction of sp³-hybridized carbons (Fsp3) is 0.346. The van der Waals surface area contributed by atoms with Gasteiger partial charge in [0.25, 0.3) is 0 Å². The Labute approximate surface area is 212 Å². The Hall–Kier alpha value is -3.66. The number of fused-ring (bicyclic) bond motifs is 1. The van der Waals surface area contributed by atoms with Gasteiger partial charge in [-0.05, 0) is 18.1 Å². The number of ketones is 1. The molecule has 2 aromatic rings. The molecule has 0 spiro atoms. The Bertz CT molecular complexity index is 1120. The molecule has 2 heterocycles. The fourth-order valence-corrected chi connectivity index (χ4v) is 5.76. The highest BCUT2D eigenvalue weighted by atomic mass is 32.2. The van der Waals surface area contributed by atoms with E-state index in [2.05, 4.69) is 5.32 Å². The van der Waals surface area contributed by atoms with Crippen molar-refractivity contribution in [2.45, 2.75) is 49.9 Å². The van der Waals surface area contributed by atoms with Crippen LogP contribution in [0.2, 0.25) is 0 Å². The van der Waals surface area contributed by atoms with Crippen LogP contribution in [0.15, 0.2) is 60.7 Å². The Morgan fingerprint density at radius 2 is 1.58 bits per heavy atom. The molecule has 2 aliphatic rings. The van der Waals surface area contributed by atoms with E-state index < -0.39 is 53.4 Å². The quantitative estimate of drug-likeness (QED) is 0.325. The van der Waals surface area contributed by atoms with Crippen LogP contribution < -0.4 is 5.32 Å². The van der Waals surface area contributed by atoms with Crippen LogP contribution >= 0.6 is 11.8 Å². The molecule has 2 saturated heterocycles. The van der Waals surface area contributed by atoms with Crippen molar-refractivity contribution in [1.82, 2.24) is 10.2 Å². The number of ether oxygens (including phenoxy) is 2. The van der Waals surface area contributed by atoms with Crippen LogP contribution in [0.1, 0.15) is 37.5 Å². The number of hydrogen-bond acceptors (Lipinski definition) is 8. The lowest BCUT2D eigenvalue weighted by molar-refractivity contribution is -0.178. The van der Waals surface area contributed by atoms with Crippen LogP contribution in [0.25, 0.3) is 0 Å². The maximum Gasteiger partial charge on any atom is 0.333 e. The molecule has 10 heteroatoms. The second-order valence-corrected chi connectivity index (χ2v) is 9.77. The summed E-state index contributed by atoms with van der Waals surface area (Å²) in [6.45, 7) is 2.52. The van der Waals surface area contributed by atoms with Crippen molar-refractivity contribution in [3.8, 4) is 0 Å². The average molecular weight is 511 g/mol. The number of carbonyl (C=O) groups excluding carboxylic acids is 5. The third kappa shape index (κ3) is 5.43. The molecule has 36 heavy (non-hydrogen) atoms. The molecule has 4 rings (SSSR count). The Kier molecular flexibility index (Phi) is 7.73. The van der Waals surface area contributed by atoms with E-state index in [0.29, 0.717) is 0 Å². The Morgan fingerprint density at radius 3 is 2.11 bits per heavy atom. The summed E-state index contributed by atoms with van der Waals surface area (Å²) in [4.78, 5) is 63.1. The van der Waals surface area contributed by atoms with Crippen molar-refractivity contribution in [2.75, 3.05) is 5.75 Å². The summed E-state index contributed by atoms with van der Waals surface area (Å²) in [5.74, 6) is -2.45. The molecular formula is C26H26N2O7S. The number of hydrogen-bond donors (Lipinski definition) is 1. The van der Waals surface area contributed by atoms with E-state index in [1.807, 2.05) is 60.7 Å². The summed E-state index contributed by atoms with van der Waals surface area (Å²) in [6, 6.07) is 16.3. The minimum absolute atomic E-state index is 0.230. The standard InChI is InChI=1S/C26H26N2O7S/c1-15(29)13-20(31)27-21-24(32)28-22(19(34-16(2)30)14-36-25(21)28)26(33)35-23(17-9-5-3-6-10-17)18-11-7-4-8-12-18/h3-12,19,21-23,25H,13-14H2,1-2H3,(H,27,31)/t19?,21-,22-,25+/m1/s1. The number of β-lactam (4-membered cyclic amide) rings is 1. The number of amides is 2. The lowest BCUT2D eigenvalue weighted by atomic mass is 9.98. The molecule has 2 aliphatic heterocycles. The summed E-state index contributed by atoms with van der Waals surface area (Å²) in [7, 11) is 0. The summed E-state index contributed by atoms with van der Waals surface area (Å²) < 4.78 is 11.4. The van der Waals surface area contributed by atoms with Gasteiger partial charge < -0.3 is 19.7 Å². The predicted molar refractivity (Wildman–Crippen MR) is 130 cm³/mol. The van der Waals surface area contributed by atoms with Crippen LogP contribution in [0.3, 0.4) is 0 Å². The third-order valence-corrected chi connectivity index (χ3v) is 7.25. The molecule has 188 valence electrons. The van der Waals surface area contributed by atoms with Gasteiger partial charge >= 0.3 is 11.9 Å². The normalized spacial score (nSPS) is 22.8. The zero-order valence-corrected chi connectivity index (χ0v) is 20.6. The van der Waals surface area contributed by atoms with Crippen LogP contribution in [-0.2, 0) is 33.4 Å². The number of nitrogens with zero attached hydrogens (tertiary/aromatic N) is 1. The maximum atomic E-state index is 13.6. The van der Waals surface area contributed by atoms with Crippen LogP contribution in [-0.4, -0.2) is 63.8 Å². The SMILES string of the molecule is CC(=O)CC(=O)N[C@@H]1C(=O)N2[C@@H](C(=O)OC(c3ccccc3)c3ccccc3)C(OC(C)=O)CS[C@@H]12. The monoisotopic (exact) mass is 510 g/mol. The molecule has 2 aromatic carbocycles. The minimum atomic E-state index is -1.18. The van der Waals surface area contributed by atoms with Crippen molar-refractivity contribution in [3.05, 3.63) is 71.8 Å². The highest BCUT2D eigenvalue weighted by Crippen LogP contribution is 2.40. The zero-order valence-electron chi connectivity index (χ0n) is 19.8. The highest BCUT2D eigenvalue weighted by Gasteiger charge is 2.59. The van der Waals surface area contributed by atoms with Crippen molar-refractivity contribution >= 4 is 41.3 Å². The summed E-state index contributed by atoms with van der Waals surface area (Å²) in [5.41, 5.74) is 1.49. The molecule has 0 bridgehead atoms. The van der Waals surface area contributed by atoms with E-state index in [4.69, 9.17) is 9.47 Å². The molecule has 0 aromatic heterocycles. The smallest absolute Gasteiger partial charge is 0.333 e. The first-order chi connectivity index (χ1) is 17.3. The van der Waals surface area contributed by atoms with Gasteiger partial charge in [0.2, 0.25) is 11.8 Å². The molecule has 0 aliphatic carbocycles. The number of carbonyl (C=O) groups is 5. The number of benzene rings is 2. The Morgan fingerprint density at radius 1 is 1.00 bits per heavy atom. The van der Waals surface area contributed by atoms with Gasteiger partial charge in [0.05, 0.1) is 6.42 Å². The van der Waals surface area contributed by atoms with Crippen molar-refractivity contribution in [3.63, 3.8) is 0 Å². The minimum Gasteiger partial charge on any atom is -0.459 e. The predicted octanol–water partition coefficient (Wildman–Crippen LogP) is 2.00. The second-order valence-electron chi connectivity index (χ2n) is 8.62. The highest BCUT2D eigenvalue weighted by molar-refractivity contribution is 8.00. The molecule has 1 unspecified atom stereocenters. The summed E-state index contributed by atoms with van der Waals surface area (Å²) >= 11 is 1.29. The van der Waals surface area contributed by atoms with E-state index in [9.17, 15) is 24.0 Å². The fourth-order valence-electron chi connectivity index (χ4n) is 4.35. The van der Waals surface area contributed by atoms with Crippen molar-refractivity contribution in [2.24, 2.45) is 0 Å². The van der Waals surface area contributed by atoms with Crippen LogP contribution in [0.5, 0.6) is 0 Å². The molecule has 9 nitrogen and oxygen atoms in total. The summed E-state index contributed by atoms with van der Waals surface area (Å²) in [6.07, 6.45) is -1.99. The van der Waals surface area contributed by atoms with Crippen LogP contribution in [0, 0.1) is 0 Å². The molecule has 1 N–H and O–H groups in total. The van der Waals surface area contributed by atoms with Gasteiger partial charge in [0.1, 0.15) is 23.3 Å². The van der Waals surface area contributed by atoms with Crippen molar-refractivity contribution < 1.29 is 33.4 Å². The van der Waals surface area contributed by atoms with E-state index >= 15 is 0 Å². The second kappa shape index (κ2) is 10.9. The van der Waals surface area contributed by atoms with E-state index in [1.165, 1.54) is 30.5 Å². The molecule has 0 saturated carbocycles. The molecule has 2 fully saturated rings. The average Bonchev–Trinajstić information content (AvgIpc) is 2.85. The largest absolute Gasteiger partial charge is 0.459 e. The third-order valence-electron chi connectivity index (χ3n) is 5.89. The number of rotatable bonds is 8. The lowest BCUT2D eigenvalue weighted by Gasteiger charge is -2.54. The Balaban J connectivity index is 1.59. The molecular weight excluding hydrogens is 484 g/mol. The zero-order chi connectivity index (χ0) is 25.8. The molecule has 0 radical (unpaired) electrons. The maximum absolute atomic E-state index is 13.6. The number of nitrogens with one attached hydrogen (secondary N) is 1. The topological polar surface area (TPSA) is 119 Å². The van der Waals surface area contributed by atoms with Gasteiger partial charge in [-0.1, -0.05) is 60.7 Å².